The van der Waals surface area contributed by atoms with Crippen LogP contribution in [0.5, 0.6) is 17.2 Å². The molecule has 0 saturated carbocycles. The Labute approximate surface area is 151 Å². The fraction of sp³-hybridized carbons (Fsp3) is 0.200. The molecule has 0 spiro atoms. The normalized spacial score (nSPS) is 10.4. The van der Waals surface area contributed by atoms with Crippen LogP contribution in [0.25, 0.3) is 10.9 Å². The van der Waals surface area contributed by atoms with E-state index in [0.717, 1.165) is 10.9 Å². The molecule has 1 heterocycles. The van der Waals surface area contributed by atoms with Crippen LogP contribution in [0, 0.1) is 18.3 Å². The Balaban J connectivity index is 2.19. The van der Waals surface area contributed by atoms with Crippen LogP contribution in [0.15, 0.2) is 36.5 Å². The molecule has 0 unspecified atom stereocenters. The number of ether oxygens (including phenoxy) is 2. The molecule has 0 aliphatic rings. The molecule has 0 bridgehead atoms. The van der Waals surface area contributed by atoms with Gasteiger partial charge in [-0.25, -0.2) is 0 Å². The molecule has 0 aliphatic heterocycles. The molecule has 26 heavy (non-hydrogen) atoms. The van der Waals surface area contributed by atoms with Gasteiger partial charge in [0.2, 0.25) is 0 Å². The SMILES string of the molecule is CCOc1cc2c(Nc3ccc(C)c(O)c3)c(C#N)cnc2cc1OC. The summed E-state index contributed by atoms with van der Waals surface area (Å²) in [5, 5.41) is 23.4. The maximum absolute atomic E-state index is 9.95. The number of aryl methyl sites for hydroxylation is 1. The monoisotopic (exact) mass is 349 g/mol. The first-order chi connectivity index (χ1) is 12.6. The van der Waals surface area contributed by atoms with Gasteiger partial charge in [0.15, 0.2) is 11.5 Å². The number of pyridine rings is 1. The molecule has 6 heteroatoms. The third kappa shape index (κ3) is 3.20. The van der Waals surface area contributed by atoms with Crippen LogP contribution in [0.4, 0.5) is 11.4 Å². The number of nitrogens with one attached hydrogen (secondary N) is 1. The number of phenols is 1. The number of methoxy groups -OCH3 is 1. The first-order valence-corrected chi connectivity index (χ1v) is 8.17. The number of rotatable bonds is 5. The third-order valence-corrected chi connectivity index (χ3v) is 4.05. The number of phenolic OH excluding ortho intramolecular Hbond substituents is 1. The maximum atomic E-state index is 9.95. The summed E-state index contributed by atoms with van der Waals surface area (Å²) in [4.78, 5) is 4.35. The van der Waals surface area contributed by atoms with Gasteiger partial charge in [0.25, 0.3) is 0 Å². The Kier molecular flexibility index (Phi) is 4.81. The average molecular weight is 349 g/mol. The number of aromatic nitrogens is 1. The van der Waals surface area contributed by atoms with E-state index in [9.17, 15) is 10.4 Å². The first-order valence-electron chi connectivity index (χ1n) is 8.17. The lowest BCUT2D eigenvalue weighted by atomic mass is 10.1. The van der Waals surface area contributed by atoms with Crippen molar-refractivity contribution in [3.8, 4) is 23.3 Å². The molecule has 132 valence electrons. The van der Waals surface area contributed by atoms with Crippen LogP contribution in [0.1, 0.15) is 18.1 Å². The van der Waals surface area contributed by atoms with Crippen molar-refractivity contribution >= 4 is 22.3 Å². The molecule has 0 saturated heterocycles. The molecule has 3 rings (SSSR count). The van der Waals surface area contributed by atoms with Crippen LogP contribution in [-0.4, -0.2) is 23.8 Å². The van der Waals surface area contributed by atoms with Crippen LogP contribution in [0.2, 0.25) is 0 Å². The highest BCUT2D eigenvalue weighted by Gasteiger charge is 2.14. The minimum atomic E-state index is 0.184. The quantitative estimate of drug-likeness (QED) is 0.715. The van der Waals surface area contributed by atoms with Gasteiger partial charge in [-0.1, -0.05) is 6.07 Å². The zero-order valence-corrected chi connectivity index (χ0v) is 14.8. The van der Waals surface area contributed by atoms with Crippen molar-refractivity contribution in [2.75, 3.05) is 19.0 Å². The van der Waals surface area contributed by atoms with Gasteiger partial charge in [0.1, 0.15) is 11.8 Å². The lowest BCUT2D eigenvalue weighted by molar-refractivity contribution is 0.311. The molecule has 3 aromatic rings. The fourth-order valence-corrected chi connectivity index (χ4v) is 2.68. The Morgan fingerprint density at radius 1 is 1.23 bits per heavy atom. The minimum absolute atomic E-state index is 0.184. The molecule has 0 radical (unpaired) electrons. The van der Waals surface area contributed by atoms with Crippen molar-refractivity contribution in [2.45, 2.75) is 13.8 Å². The summed E-state index contributed by atoms with van der Waals surface area (Å²) in [5.41, 5.74) is 3.11. The van der Waals surface area contributed by atoms with Gasteiger partial charge in [-0.2, -0.15) is 5.26 Å². The Morgan fingerprint density at radius 3 is 2.69 bits per heavy atom. The van der Waals surface area contributed by atoms with Gasteiger partial charge in [-0.3, -0.25) is 4.98 Å². The van der Waals surface area contributed by atoms with Crippen molar-refractivity contribution in [1.29, 1.82) is 5.26 Å². The van der Waals surface area contributed by atoms with Gasteiger partial charge < -0.3 is 19.9 Å². The summed E-state index contributed by atoms with van der Waals surface area (Å²) in [6, 6.07) is 11.0. The highest BCUT2D eigenvalue weighted by atomic mass is 16.5. The fourth-order valence-electron chi connectivity index (χ4n) is 2.68. The predicted molar refractivity (Wildman–Crippen MR) is 100 cm³/mol. The van der Waals surface area contributed by atoms with Gasteiger partial charge in [-0.05, 0) is 31.5 Å². The molecular weight excluding hydrogens is 330 g/mol. The number of benzene rings is 2. The number of nitriles is 1. The zero-order chi connectivity index (χ0) is 18.7. The van der Waals surface area contributed by atoms with E-state index in [4.69, 9.17) is 9.47 Å². The van der Waals surface area contributed by atoms with Crippen molar-refractivity contribution in [3.63, 3.8) is 0 Å². The Bertz CT molecular complexity index is 1010. The maximum Gasteiger partial charge on any atom is 0.162 e. The number of hydrogen-bond acceptors (Lipinski definition) is 6. The van der Waals surface area contributed by atoms with Gasteiger partial charge in [-0.15, -0.1) is 0 Å². The highest BCUT2D eigenvalue weighted by molar-refractivity contribution is 5.97. The second-order valence-electron chi connectivity index (χ2n) is 5.74. The third-order valence-electron chi connectivity index (χ3n) is 4.05. The molecule has 0 amide bonds. The molecule has 1 aromatic heterocycles. The van der Waals surface area contributed by atoms with Crippen molar-refractivity contribution in [1.82, 2.24) is 4.98 Å². The number of anilines is 2. The van der Waals surface area contributed by atoms with E-state index in [1.54, 1.807) is 19.2 Å². The molecule has 0 atom stereocenters. The summed E-state index contributed by atoms with van der Waals surface area (Å²) in [6.07, 6.45) is 1.51. The summed E-state index contributed by atoms with van der Waals surface area (Å²) in [5.74, 6) is 1.34. The van der Waals surface area contributed by atoms with E-state index in [2.05, 4.69) is 16.4 Å². The van der Waals surface area contributed by atoms with Gasteiger partial charge >= 0.3 is 0 Å². The Hall–Kier alpha value is -3.46. The summed E-state index contributed by atoms with van der Waals surface area (Å²) >= 11 is 0. The molecule has 6 nitrogen and oxygen atoms in total. The molecule has 0 aliphatic carbocycles. The smallest absolute Gasteiger partial charge is 0.162 e. The van der Waals surface area contributed by atoms with Crippen LogP contribution in [-0.2, 0) is 0 Å². The molecular formula is C20H19N3O3. The predicted octanol–water partition coefficient (Wildman–Crippen LogP) is 4.27. The van der Waals surface area contributed by atoms with E-state index in [1.807, 2.05) is 32.0 Å². The first kappa shape index (κ1) is 17.4. The summed E-state index contributed by atoms with van der Waals surface area (Å²) in [6.45, 7) is 4.20. The van der Waals surface area contributed by atoms with Crippen molar-refractivity contribution in [3.05, 3.63) is 47.7 Å². The molecule has 2 N–H and O–H groups in total. The van der Waals surface area contributed by atoms with Crippen LogP contribution < -0.4 is 14.8 Å². The standard InChI is InChI=1S/C20H19N3O3/c1-4-26-19-8-15-16(9-18(19)25-3)22-11-13(10-21)20(15)23-14-6-5-12(2)17(24)7-14/h5-9,11,24H,4H2,1-3H3,(H,22,23). The number of hydrogen-bond donors (Lipinski definition) is 2. The minimum Gasteiger partial charge on any atom is -0.508 e. The van der Waals surface area contributed by atoms with Crippen LogP contribution >= 0.6 is 0 Å². The number of fused-ring (bicyclic) bond motifs is 1. The van der Waals surface area contributed by atoms with E-state index >= 15 is 0 Å². The second-order valence-corrected chi connectivity index (χ2v) is 5.74. The second kappa shape index (κ2) is 7.19. The molecule has 0 fully saturated rings. The summed E-state index contributed by atoms with van der Waals surface area (Å²) < 4.78 is 11.0. The van der Waals surface area contributed by atoms with Crippen LogP contribution in [0.3, 0.4) is 0 Å². The molecule has 2 aromatic carbocycles. The van der Waals surface area contributed by atoms with E-state index in [1.165, 1.54) is 6.20 Å². The van der Waals surface area contributed by atoms with Crippen molar-refractivity contribution in [2.24, 2.45) is 0 Å². The topological polar surface area (TPSA) is 87.4 Å². The Morgan fingerprint density at radius 2 is 2.04 bits per heavy atom. The number of nitrogens with zero attached hydrogens (tertiary/aromatic N) is 2. The van der Waals surface area contributed by atoms with E-state index in [-0.39, 0.29) is 5.75 Å². The van der Waals surface area contributed by atoms with Crippen molar-refractivity contribution < 1.29 is 14.6 Å². The number of aromatic hydroxyl groups is 1. The van der Waals surface area contributed by atoms with Gasteiger partial charge in [0.05, 0.1) is 30.5 Å². The summed E-state index contributed by atoms with van der Waals surface area (Å²) in [7, 11) is 1.57. The highest BCUT2D eigenvalue weighted by Crippen LogP contribution is 2.37. The lowest BCUT2D eigenvalue weighted by Gasteiger charge is -2.15. The largest absolute Gasteiger partial charge is 0.508 e. The van der Waals surface area contributed by atoms with Gasteiger partial charge in [0, 0.05) is 29.4 Å². The van der Waals surface area contributed by atoms with E-state index < -0.39 is 0 Å². The average Bonchev–Trinajstić information content (AvgIpc) is 2.65. The van der Waals surface area contributed by atoms with E-state index in [0.29, 0.717) is 40.6 Å². The zero-order valence-electron chi connectivity index (χ0n) is 14.8. The lowest BCUT2D eigenvalue weighted by Crippen LogP contribution is -2.00.